The second-order valence-corrected chi connectivity index (χ2v) is 14.5. The molecule has 0 aliphatic carbocycles. The first kappa shape index (κ1) is 24.8. The van der Waals surface area contributed by atoms with Crippen molar-refractivity contribution in [3.05, 3.63) is 24.8 Å². The van der Waals surface area contributed by atoms with Gasteiger partial charge in [0.25, 0.3) is 0 Å². The summed E-state index contributed by atoms with van der Waals surface area (Å²) in [6, 6.07) is 0. The zero-order valence-electron chi connectivity index (χ0n) is 17.9. The molecule has 3 atom stereocenters. The van der Waals surface area contributed by atoms with E-state index in [4.69, 9.17) is 22.7 Å². The van der Waals surface area contributed by atoms with Crippen LogP contribution >= 0.6 is 7.82 Å². The maximum absolute atomic E-state index is 12.8. The Labute approximate surface area is 166 Å². The smallest absolute Gasteiger partial charge is 0.414 e. The lowest BCUT2D eigenvalue weighted by Gasteiger charge is -2.39. The van der Waals surface area contributed by atoms with Gasteiger partial charge < -0.3 is 9.16 Å². The minimum absolute atomic E-state index is 0.0836. The van der Waals surface area contributed by atoms with Gasteiger partial charge in [0, 0.05) is 0 Å². The Kier molecular flexibility index (Phi) is 9.62. The van der Waals surface area contributed by atoms with Gasteiger partial charge in [0.05, 0.1) is 25.9 Å². The fourth-order valence-electron chi connectivity index (χ4n) is 2.31. The SMILES string of the molecule is C=CC[C@@H]1C=C[C@H](OP(=O)(OCC)OCC)[C@@H](CO[Si](C)(C)C(C)(C)C)O1. The van der Waals surface area contributed by atoms with Crippen LogP contribution in [0, 0.1) is 0 Å². The van der Waals surface area contributed by atoms with Crippen LogP contribution in [0.15, 0.2) is 24.8 Å². The summed E-state index contributed by atoms with van der Waals surface area (Å²) in [6.45, 7) is 19.0. The van der Waals surface area contributed by atoms with Crippen molar-refractivity contribution in [1.29, 1.82) is 0 Å². The van der Waals surface area contributed by atoms with E-state index in [2.05, 4.69) is 40.4 Å². The maximum Gasteiger partial charge on any atom is 0.475 e. The van der Waals surface area contributed by atoms with Gasteiger partial charge in [-0.3, -0.25) is 13.6 Å². The molecule has 0 amide bonds. The molecule has 158 valence electrons. The van der Waals surface area contributed by atoms with Crippen LogP contribution in [0.2, 0.25) is 18.1 Å². The molecule has 0 N–H and O–H groups in total. The Bertz CT molecular complexity index is 533. The van der Waals surface area contributed by atoms with Gasteiger partial charge in [-0.25, -0.2) is 4.57 Å². The molecule has 0 saturated carbocycles. The summed E-state index contributed by atoms with van der Waals surface area (Å²) in [5, 5.41) is 0.0836. The third-order valence-corrected chi connectivity index (χ3v) is 11.0. The van der Waals surface area contributed by atoms with Crippen LogP contribution in [-0.2, 0) is 27.3 Å². The summed E-state index contributed by atoms with van der Waals surface area (Å²) in [5.41, 5.74) is 0. The molecule has 0 aromatic rings. The minimum Gasteiger partial charge on any atom is -0.414 e. The van der Waals surface area contributed by atoms with E-state index in [-0.39, 0.29) is 24.4 Å². The summed E-state index contributed by atoms with van der Waals surface area (Å²) in [6.07, 6.45) is 5.19. The summed E-state index contributed by atoms with van der Waals surface area (Å²) >= 11 is 0. The van der Waals surface area contributed by atoms with Crippen molar-refractivity contribution >= 4 is 16.1 Å². The van der Waals surface area contributed by atoms with Crippen LogP contribution in [0.1, 0.15) is 41.0 Å². The van der Waals surface area contributed by atoms with Crippen LogP contribution in [0.25, 0.3) is 0 Å². The molecule has 1 rings (SSSR count). The van der Waals surface area contributed by atoms with Gasteiger partial charge in [-0.1, -0.05) is 39.0 Å². The number of hydrogen-bond donors (Lipinski definition) is 0. The van der Waals surface area contributed by atoms with E-state index in [1.165, 1.54) is 0 Å². The van der Waals surface area contributed by atoms with Gasteiger partial charge in [-0.05, 0) is 38.4 Å². The summed E-state index contributed by atoms with van der Waals surface area (Å²) < 4.78 is 41.5. The average Bonchev–Trinajstić information content (AvgIpc) is 2.54. The molecule has 8 heteroatoms. The van der Waals surface area contributed by atoms with Crippen molar-refractivity contribution in [2.75, 3.05) is 19.8 Å². The quantitative estimate of drug-likeness (QED) is 0.251. The van der Waals surface area contributed by atoms with Gasteiger partial charge >= 0.3 is 7.82 Å². The number of phosphoric acid groups is 1. The Hall–Kier alpha value is -0.273. The average molecular weight is 421 g/mol. The Morgan fingerprint density at radius 1 is 1.19 bits per heavy atom. The van der Waals surface area contributed by atoms with Gasteiger partial charge in [0.2, 0.25) is 0 Å². The molecule has 0 bridgehead atoms. The lowest BCUT2D eigenvalue weighted by atomic mass is 10.1. The lowest BCUT2D eigenvalue weighted by molar-refractivity contribution is -0.0764. The molecule has 0 saturated heterocycles. The first-order valence-corrected chi connectivity index (χ1v) is 14.0. The van der Waals surface area contributed by atoms with E-state index >= 15 is 0 Å². The topological polar surface area (TPSA) is 63.2 Å². The zero-order chi connectivity index (χ0) is 20.7. The van der Waals surface area contributed by atoms with E-state index < -0.39 is 28.3 Å². The molecule has 0 aromatic carbocycles. The third kappa shape index (κ3) is 7.57. The molecule has 6 nitrogen and oxygen atoms in total. The van der Waals surface area contributed by atoms with Crippen LogP contribution in [-0.4, -0.2) is 46.4 Å². The summed E-state index contributed by atoms with van der Waals surface area (Å²) in [4.78, 5) is 0. The molecule has 0 spiro atoms. The number of hydrogen-bond acceptors (Lipinski definition) is 6. The van der Waals surface area contributed by atoms with Gasteiger partial charge in [-0.2, -0.15) is 0 Å². The second-order valence-electron chi connectivity index (χ2n) is 8.05. The Morgan fingerprint density at radius 2 is 1.78 bits per heavy atom. The highest BCUT2D eigenvalue weighted by Crippen LogP contribution is 2.51. The Morgan fingerprint density at radius 3 is 2.26 bits per heavy atom. The predicted molar refractivity (Wildman–Crippen MR) is 111 cm³/mol. The van der Waals surface area contributed by atoms with Crippen molar-refractivity contribution in [3.8, 4) is 0 Å². The van der Waals surface area contributed by atoms with Crippen molar-refractivity contribution < 1.29 is 27.3 Å². The molecule has 1 aliphatic heterocycles. The Balaban J connectivity index is 2.95. The molecule has 0 unspecified atom stereocenters. The van der Waals surface area contributed by atoms with Crippen molar-refractivity contribution in [2.45, 2.75) is 77.5 Å². The number of phosphoric ester groups is 1. The number of ether oxygens (including phenoxy) is 1. The largest absolute Gasteiger partial charge is 0.475 e. The standard InChI is InChI=1S/C19H37O6PSi/c1-9-12-16-13-14-17(25-26(20,21-10-2)22-11-3)18(24-16)15-23-27(7,8)19(4,5)6/h9,13-14,16-18H,1,10-12,15H2,2-8H3/t16-,17+,18-/m1/s1. The lowest BCUT2D eigenvalue weighted by Crippen LogP contribution is -2.47. The monoisotopic (exact) mass is 420 g/mol. The van der Waals surface area contributed by atoms with Crippen LogP contribution in [0.5, 0.6) is 0 Å². The highest BCUT2D eigenvalue weighted by molar-refractivity contribution is 7.48. The van der Waals surface area contributed by atoms with Crippen LogP contribution in [0.4, 0.5) is 0 Å². The highest BCUT2D eigenvalue weighted by Gasteiger charge is 2.41. The molecule has 1 heterocycles. The number of rotatable bonds is 11. The minimum atomic E-state index is -3.65. The van der Waals surface area contributed by atoms with E-state index in [0.29, 0.717) is 13.0 Å². The first-order chi connectivity index (χ1) is 12.5. The molecule has 0 fully saturated rings. The van der Waals surface area contributed by atoms with Crippen molar-refractivity contribution in [2.24, 2.45) is 0 Å². The van der Waals surface area contributed by atoms with Gasteiger partial charge in [-0.15, -0.1) is 6.58 Å². The predicted octanol–water partition coefficient (Wildman–Crippen LogP) is 5.47. The van der Waals surface area contributed by atoms with E-state index in [1.54, 1.807) is 13.8 Å². The van der Waals surface area contributed by atoms with E-state index in [0.717, 1.165) is 0 Å². The zero-order valence-corrected chi connectivity index (χ0v) is 19.8. The molecular weight excluding hydrogens is 383 g/mol. The molecule has 27 heavy (non-hydrogen) atoms. The fraction of sp³-hybridized carbons (Fsp3) is 0.789. The van der Waals surface area contributed by atoms with Gasteiger partial charge in [0.15, 0.2) is 8.32 Å². The molecule has 0 aromatic heterocycles. The van der Waals surface area contributed by atoms with E-state index in [1.807, 2.05) is 18.2 Å². The second kappa shape index (κ2) is 10.5. The van der Waals surface area contributed by atoms with Crippen molar-refractivity contribution in [1.82, 2.24) is 0 Å². The first-order valence-electron chi connectivity index (χ1n) is 9.64. The van der Waals surface area contributed by atoms with E-state index in [9.17, 15) is 4.57 Å². The van der Waals surface area contributed by atoms with Crippen LogP contribution in [0.3, 0.4) is 0 Å². The van der Waals surface area contributed by atoms with Crippen molar-refractivity contribution in [3.63, 3.8) is 0 Å². The normalized spacial score (nSPS) is 24.2. The molecular formula is C19H37O6PSi. The highest BCUT2D eigenvalue weighted by atomic mass is 31.2. The summed E-state index contributed by atoms with van der Waals surface area (Å²) in [7, 11) is -5.61. The maximum atomic E-state index is 12.8. The summed E-state index contributed by atoms with van der Waals surface area (Å²) in [5.74, 6) is 0. The molecule has 1 aliphatic rings. The molecule has 0 radical (unpaired) electrons. The third-order valence-electron chi connectivity index (χ3n) is 4.87. The van der Waals surface area contributed by atoms with Gasteiger partial charge in [0.1, 0.15) is 12.2 Å². The van der Waals surface area contributed by atoms with Crippen LogP contribution < -0.4 is 0 Å². The fourth-order valence-corrected chi connectivity index (χ4v) is 4.66.